The SMILES string of the molecule is O=C(OCc1ccccc1)[C@@H](CC1CCCCC1)CC(O)S(=O)(=O)[O-].[Na+]. The Labute approximate surface area is 177 Å². The zero-order chi connectivity index (χ0) is 18.3. The molecule has 0 aromatic heterocycles. The molecule has 2 rings (SSSR count). The van der Waals surface area contributed by atoms with Crippen LogP contribution in [0.15, 0.2) is 30.3 Å². The Morgan fingerprint density at radius 2 is 1.81 bits per heavy atom. The van der Waals surface area contributed by atoms with Crippen LogP contribution in [0.5, 0.6) is 0 Å². The van der Waals surface area contributed by atoms with E-state index in [1.165, 1.54) is 0 Å². The van der Waals surface area contributed by atoms with Crippen molar-refractivity contribution in [1.82, 2.24) is 0 Å². The standard InChI is InChI=1S/C18H26O6S.Na/c19-17(25(21,22)23)12-16(11-14-7-3-1-4-8-14)18(20)24-13-15-9-5-2-6-10-15;/h2,5-6,9-10,14,16-17,19H,1,3-4,7-8,11-13H2,(H,21,22,23);/q;+1/p-1/t16-,17?;/m0./s1. The van der Waals surface area contributed by atoms with Gasteiger partial charge < -0.3 is 14.4 Å². The van der Waals surface area contributed by atoms with Crippen LogP contribution in [0.3, 0.4) is 0 Å². The molecule has 1 unspecified atom stereocenters. The summed E-state index contributed by atoms with van der Waals surface area (Å²) < 4.78 is 38.3. The van der Waals surface area contributed by atoms with Gasteiger partial charge >= 0.3 is 35.5 Å². The molecule has 2 atom stereocenters. The minimum atomic E-state index is -4.84. The smallest absolute Gasteiger partial charge is 0.746 e. The van der Waals surface area contributed by atoms with E-state index < -0.39 is 33.9 Å². The molecule has 8 heteroatoms. The largest absolute Gasteiger partial charge is 1.00 e. The predicted molar refractivity (Wildman–Crippen MR) is 91.2 cm³/mol. The van der Waals surface area contributed by atoms with Crippen molar-refractivity contribution in [2.24, 2.45) is 11.8 Å². The fraction of sp³-hybridized carbons (Fsp3) is 0.611. The van der Waals surface area contributed by atoms with Gasteiger partial charge in [-0.3, -0.25) is 4.79 Å². The van der Waals surface area contributed by atoms with Crippen molar-refractivity contribution in [2.45, 2.75) is 57.0 Å². The van der Waals surface area contributed by atoms with Crippen molar-refractivity contribution in [3.63, 3.8) is 0 Å². The molecule has 0 aliphatic heterocycles. The van der Waals surface area contributed by atoms with Crippen molar-refractivity contribution in [3.05, 3.63) is 35.9 Å². The quantitative estimate of drug-likeness (QED) is 0.366. The van der Waals surface area contributed by atoms with Gasteiger partial charge in [0, 0.05) is 0 Å². The van der Waals surface area contributed by atoms with Crippen molar-refractivity contribution in [2.75, 3.05) is 0 Å². The minimum Gasteiger partial charge on any atom is -0.746 e. The normalized spacial score (nSPS) is 17.8. The zero-order valence-corrected chi connectivity index (χ0v) is 18.0. The van der Waals surface area contributed by atoms with Crippen LogP contribution in [0.1, 0.15) is 50.5 Å². The first-order chi connectivity index (χ1) is 11.9. The predicted octanol–water partition coefficient (Wildman–Crippen LogP) is -0.426. The molecule has 0 saturated heterocycles. The van der Waals surface area contributed by atoms with E-state index in [-0.39, 0.29) is 36.2 Å². The molecule has 1 fully saturated rings. The Bertz CT molecular complexity index is 643. The molecule has 0 spiro atoms. The summed E-state index contributed by atoms with van der Waals surface area (Å²) in [6.45, 7) is 0.0844. The Hall–Kier alpha value is -0.440. The molecule has 1 saturated carbocycles. The number of ether oxygens (including phenoxy) is 1. The van der Waals surface area contributed by atoms with Gasteiger partial charge in [0.05, 0.1) is 5.92 Å². The molecular weight excluding hydrogens is 367 g/mol. The van der Waals surface area contributed by atoms with Gasteiger partial charge in [0.25, 0.3) is 0 Å². The average molecular weight is 392 g/mol. The summed E-state index contributed by atoms with van der Waals surface area (Å²) in [5.74, 6) is -1.05. The van der Waals surface area contributed by atoms with E-state index in [9.17, 15) is 22.9 Å². The maximum Gasteiger partial charge on any atom is 1.00 e. The number of benzene rings is 1. The molecule has 1 aromatic rings. The van der Waals surface area contributed by atoms with Crippen molar-refractivity contribution < 1.29 is 57.2 Å². The van der Waals surface area contributed by atoms with E-state index in [2.05, 4.69) is 0 Å². The van der Waals surface area contributed by atoms with Gasteiger partial charge in [-0.15, -0.1) is 0 Å². The van der Waals surface area contributed by atoms with Crippen LogP contribution in [-0.2, 0) is 26.3 Å². The number of carbonyl (C=O) groups is 1. The van der Waals surface area contributed by atoms with Crippen LogP contribution in [-0.4, -0.2) is 29.5 Å². The number of rotatable bonds is 8. The number of carbonyl (C=O) groups excluding carboxylic acids is 1. The Morgan fingerprint density at radius 3 is 2.38 bits per heavy atom. The van der Waals surface area contributed by atoms with E-state index in [1.54, 1.807) is 0 Å². The van der Waals surface area contributed by atoms with Gasteiger partial charge in [0.2, 0.25) is 0 Å². The second-order valence-electron chi connectivity index (χ2n) is 6.71. The Morgan fingerprint density at radius 1 is 1.19 bits per heavy atom. The van der Waals surface area contributed by atoms with E-state index in [4.69, 9.17) is 4.74 Å². The van der Waals surface area contributed by atoms with Crippen LogP contribution < -0.4 is 29.6 Å². The summed E-state index contributed by atoms with van der Waals surface area (Å²) in [5, 5.41) is 9.61. The van der Waals surface area contributed by atoms with Crippen molar-refractivity contribution in [3.8, 4) is 0 Å². The maximum absolute atomic E-state index is 12.4. The Kier molecular flexibility index (Phi) is 10.4. The molecule has 0 bridgehead atoms. The number of aliphatic hydroxyl groups excluding tert-OH is 1. The van der Waals surface area contributed by atoms with Crippen molar-refractivity contribution in [1.29, 1.82) is 0 Å². The number of aliphatic hydroxyl groups is 1. The fourth-order valence-corrected chi connectivity index (χ4v) is 3.79. The first-order valence-corrected chi connectivity index (χ1v) is 10.2. The van der Waals surface area contributed by atoms with Crippen LogP contribution in [0.25, 0.3) is 0 Å². The van der Waals surface area contributed by atoms with Gasteiger partial charge in [-0.2, -0.15) is 0 Å². The zero-order valence-electron chi connectivity index (χ0n) is 15.2. The first kappa shape index (κ1) is 23.6. The van der Waals surface area contributed by atoms with E-state index in [0.29, 0.717) is 12.3 Å². The van der Waals surface area contributed by atoms with Crippen molar-refractivity contribution >= 4 is 16.1 Å². The minimum absolute atomic E-state index is 0. The molecule has 1 aromatic carbocycles. The molecule has 6 nitrogen and oxygen atoms in total. The fourth-order valence-electron chi connectivity index (χ4n) is 3.32. The maximum atomic E-state index is 12.4. The summed E-state index contributed by atoms with van der Waals surface area (Å²) >= 11 is 0. The van der Waals surface area contributed by atoms with Gasteiger partial charge in [-0.25, -0.2) is 8.42 Å². The third kappa shape index (κ3) is 8.06. The Balaban J connectivity index is 0.00000338. The van der Waals surface area contributed by atoms with Crippen LogP contribution >= 0.6 is 0 Å². The number of hydrogen-bond donors (Lipinski definition) is 1. The van der Waals surface area contributed by atoms with E-state index in [0.717, 1.165) is 37.7 Å². The number of esters is 1. The van der Waals surface area contributed by atoms with Gasteiger partial charge in [0.15, 0.2) is 0 Å². The molecule has 26 heavy (non-hydrogen) atoms. The average Bonchev–Trinajstić information content (AvgIpc) is 2.60. The van der Waals surface area contributed by atoms with Crippen LogP contribution in [0.4, 0.5) is 0 Å². The van der Waals surface area contributed by atoms with E-state index in [1.807, 2.05) is 30.3 Å². The molecular formula is C18H25NaO6S. The molecule has 0 amide bonds. The molecule has 140 valence electrons. The van der Waals surface area contributed by atoms with Gasteiger partial charge in [-0.1, -0.05) is 62.4 Å². The molecule has 1 aliphatic carbocycles. The topological polar surface area (TPSA) is 104 Å². The summed E-state index contributed by atoms with van der Waals surface area (Å²) in [4.78, 5) is 12.4. The van der Waals surface area contributed by atoms with Gasteiger partial charge in [-0.05, 0) is 24.3 Å². The molecule has 0 heterocycles. The second kappa shape index (κ2) is 11.4. The summed E-state index contributed by atoms with van der Waals surface area (Å²) in [6, 6.07) is 9.15. The van der Waals surface area contributed by atoms with Gasteiger partial charge in [0.1, 0.15) is 22.2 Å². The summed E-state index contributed by atoms with van der Waals surface area (Å²) in [6.07, 6.45) is 5.32. The van der Waals surface area contributed by atoms with E-state index >= 15 is 0 Å². The first-order valence-electron chi connectivity index (χ1n) is 8.69. The second-order valence-corrected chi connectivity index (χ2v) is 8.24. The summed E-state index contributed by atoms with van der Waals surface area (Å²) in [5.41, 5.74) is -1.25. The third-order valence-electron chi connectivity index (χ3n) is 4.72. The monoisotopic (exact) mass is 392 g/mol. The van der Waals surface area contributed by atoms with Crippen LogP contribution in [0, 0.1) is 11.8 Å². The number of hydrogen-bond acceptors (Lipinski definition) is 6. The molecule has 1 aliphatic rings. The summed E-state index contributed by atoms with van der Waals surface area (Å²) in [7, 11) is -4.84. The molecule has 1 N–H and O–H groups in total. The van der Waals surface area contributed by atoms with Crippen LogP contribution in [0.2, 0.25) is 0 Å². The molecule has 0 radical (unpaired) electrons. The third-order valence-corrected chi connectivity index (χ3v) is 5.58.